The van der Waals surface area contributed by atoms with Gasteiger partial charge in [0, 0.05) is 12.2 Å². The number of nitrogens with zero attached hydrogens (tertiary/aromatic N) is 2. The van der Waals surface area contributed by atoms with Crippen LogP contribution in [0.4, 0.5) is 5.69 Å². The van der Waals surface area contributed by atoms with Gasteiger partial charge in [-0.3, -0.25) is 4.79 Å². The summed E-state index contributed by atoms with van der Waals surface area (Å²) >= 11 is 0. The average molecular weight is 351 g/mol. The van der Waals surface area contributed by atoms with Gasteiger partial charge >= 0.3 is 0 Å². The molecule has 0 saturated carbocycles. The van der Waals surface area contributed by atoms with E-state index in [1.807, 2.05) is 29.2 Å². The summed E-state index contributed by atoms with van der Waals surface area (Å²) < 4.78 is 0. The van der Waals surface area contributed by atoms with Gasteiger partial charge in [0.15, 0.2) is 0 Å². The lowest BCUT2D eigenvalue weighted by Gasteiger charge is -2.28. The van der Waals surface area contributed by atoms with E-state index in [0.29, 0.717) is 0 Å². The van der Waals surface area contributed by atoms with Gasteiger partial charge in [0.1, 0.15) is 5.41 Å². The third-order valence-corrected chi connectivity index (χ3v) is 5.81. The number of carbonyl (C=O) groups is 1. The fourth-order valence-corrected chi connectivity index (χ4v) is 4.29. The molecule has 2 aromatic rings. The summed E-state index contributed by atoms with van der Waals surface area (Å²) in [5.41, 5.74) is 2.79. The first-order valence-electron chi connectivity index (χ1n) is 9.88. The second kappa shape index (κ2) is 8.05. The molecule has 0 spiro atoms. The Balaban J connectivity index is 1.93. The second-order valence-electron chi connectivity index (χ2n) is 6.98. The van der Waals surface area contributed by atoms with Crippen LogP contribution < -0.4 is 4.90 Å². The molecule has 2 aromatic carbocycles. The highest BCUT2D eigenvalue weighted by Gasteiger charge is 2.50. The first-order valence-corrected chi connectivity index (χ1v) is 9.88. The Morgan fingerprint density at radius 1 is 0.923 bits per heavy atom. The van der Waals surface area contributed by atoms with Crippen LogP contribution in [0.3, 0.4) is 0 Å². The summed E-state index contributed by atoms with van der Waals surface area (Å²) in [7, 11) is 0. The van der Waals surface area contributed by atoms with Gasteiger partial charge in [0.05, 0.1) is 0 Å². The van der Waals surface area contributed by atoms with E-state index >= 15 is 0 Å². The van der Waals surface area contributed by atoms with Crippen LogP contribution in [-0.2, 0) is 10.2 Å². The minimum atomic E-state index is -0.549. The summed E-state index contributed by atoms with van der Waals surface area (Å²) in [6, 6.07) is 18.6. The van der Waals surface area contributed by atoms with Gasteiger partial charge in [-0.1, -0.05) is 69.3 Å². The number of carbonyl (C=O) groups excluding carboxylic acids is 1. The number of anilines is 1. The standard InChI is InChI=1S/C23H30N2O/c1-4-23(19-13-8-7-9-14-19)20-15-10-11-16-21(20)25(22(23)26)18-12-17-24(5-2)6-3/h7-11,13-16H,4-6,12,17-18H2,1-3H3. The van der Waals surface area contributed by atoms with E-state index in [1.54, 1.807) is 0 Å². The van der Waals surface area contributed by atoms with Crippen LogP contribution in [0.1, 0.15) is 44.7 Å². The number of rotatable bonds is 8. The highest BCUT2D eigenvalue weighted by molar-refractivity contribution is 6.10. The van der Waals surface area contributed by atoms with Crippen molar-refractivity contribution < 1.29 is 4.79 Å². The van der Waals surface area contributed by atoms with Crippen molar-refractivity contribution in [1.82, 2.24) is 4.90 Å². The minimum absolute atomic E-state index is 0.229. The maximum atomic E-state index is 13.6. The Bertz CT molecular complexity index is 739. The van der Waals surface area contributed by atoms with Gasteiger partial charge in [-0.2, -0.15) is 0 Å². The van der Waals surface area contributed by atoms with Crippen molar-refractivity contribution in [3.05, 3.63) is 65.7 Å². The number of fused-ring (bicyclic) bond motifs is 1. The Labute approximate surface area is 157 Å². The molecule has 0 bridgehead atoms. The van der Waals surface area contributed by atoms with E-state index in [1.165, 1.54) is 0 Å². The molecule has 1 aliphatic rings. The summed E-state index contributed by atoms with van der Waals surface area (Å²) in [6.07, 6.45) is 1.77. The number of benzene rings is 2. The topological polar surface area (TPSA) is 23.6 Å². The molecule has 3 rings (SSSR count). The lowest BCUT2D eigenvalue weighted by molar-refractivity contribution is -0.122. The normalized spacial score (nSPS) is 19.2. The first-order chi connectivity index (χ1) is 12.7. The van der Waals surface area contributed by atoms with Crippen molar-refractivity contribution in [2.24, 2.45) is 0 Å². The lowest BCUT2D eigenvalue weighted by atomic mass is 9.73. The molecule has 3 heteroatoms. The monoisotopic (exact) mass is 350 g/mol. The molecule has 0 N–H and O–H groups in total. The van der Waals surface area contributed by atoms with E-state index < -0.39 is 5.41 Å². The van der Waals surface area contributed by atoms with Crippen LogP contribution in [0, 0.1) is 0 Å². The molecule has 1 amide bonds. The van der Waals surface area contributed by atoms with Crippen molar-refractivity contribution in [2.45, 2.75) is 39.0 Å². The second-order valence-corrected chi connectivity index (χ2v) is 6.98. The number of hydrogen-bond acceptors (Lipinski definition) is 2. The summed E-state index contributed by atoms with van der Waals surface area (Å²) in [4.78, 5) is 18.1. The Morgan fingerprint density at radius 3 is 2.23 bits per heavy atom. The Morgan fingerprint density at radius 2 is 1.58 bits per heavy atom. The molecular weight excluding hydrogens is 320 g/mol. The van der Waals surface area contributed by atoms with Crippen molar-refractivity contribution in [3.8, 4) is 0 Å². The molecule has 3 nitrogen and oxygen atoms in total. The van der Waals surface area contributed by atoms with Gasteiger partial charge in [-0.15, -0.1) is 0 Å². The van der Waals surface area contributed by atoms with E-state index in [-0.39, 0.29) is 5.91 Å². The predicted octanol–water partition coefficient (Wildman–Crippen LogP) is 4.46. The molecular formula is C23H30N2O. The van der Waals surface area contributed by atoms with Gasteiger partial charge < -0.3 is 9.80 Å². The van der Waals surface area contributed by atoms with E-state index in [9.17, 15) is 4.79 Å². The molecule has 0 aromatic heterocycles. The zero-order chi connectivity index (χ0) is 18.6. The van der Waals surface area contributed by atoms with E-state index in [4.69, 9.17) is 0 Å². The molecule has 1 aliphatic heterocycles. The molecule has 1 unspecified atom stereocenters. The Kier molecular flexibility index (Phi) is 5.77. The third-order valence-electron chi connectivity index (χ3n) is 5.81. The van der Waals surface area contributed by atoms with Crippen molar-refractivity contribution >= 4 is 11.6 Å². The smallest absolute Gasteiger partial charge is 0.242 e. The van der Waals surface area contributed by atoms with Gasteiger partial charge in [-0.25, -0.2) is 0 Å². The number of para-hydroxylation sites is 1. The van der Waals surface area contributed by atoms with E-state index in [0.717, 1.165) is 55.8 Å². The van der Waals surface area contributed by atoms with Crippen LogP contribution in [0.5, 0.6) is 0 Å². The maximum Gasteiger partial charge on any atom is 0.242 e. The zero-order valence-electron chi connectivity index (χ0n) is 16.2. The highest BCUT2D eigenvalue weighted by atomic mass is 16.2. The third kappa shape index (κ3) is 3.05. The molecule has 0 aliphatic carbocycles. The summed E-state index contributed by atoms with van der Waals surface area (Å²) in [5.74, 6) is 0.229. The molecule has 0 fully saturated rings. The molecule has 138 valence electrons. The molecule has 26 heavy (non-hydrogen) atoms. The van der Waals surface area contributed by atoms with Crippen molar-refractivity contribution in [1.29, 1.82) is 0 Å². The van der Waals surface area contributed by atoms with E-state index in [2.05, 4.69) is 56.0 Å². The molecule has 0 radical (unpaired) electrons. The predicted molar refractivity (Wildman–Crippen MR) is 109 cm³/mol. The lowest BCUT2D eigenvalue weighted by Crippen LogP contribution is -2.42. The Hall–Kier alpha value is -2.13. The number of hydrogen-bond donors (Lipinski definition) is 0. The zero-order valence-corrected chi connectivity index (χ0v) is 16.2. The van der Waals surface area contributed by atoms with Gasteiger partial charge in [0.25, 0.3) is 0 Å². The van der Waals surface area contributed by atoms with Crippen LogP contribution >= 0.6 is 0 Å². The van der Waals surface area contributed by atoms with Crippen molar-refractivity contribution in [2.75, 3.05) is 31.1 Å². The van der Waals surface area contributed by atoms with Crippen LogP contribution in [0.25, 0.3) is 0 Å². The summed E-state index contributed by atoms with van der Waals surface area (Å²) in [5, 5.41) is 0. The van der Waals surface area contributed by atoms with Gasteiger partial charge in [0.2, 0.25) is 5.91 Å². The quantitative estimate of drug-likeness (QED) is 0.702. The average Bonchev–Trinajstić information content (AvgIpc) is 2.94. The maximum absolute atomic E-state index is 13.6. The summed E-state index contributed by atoms with van der Waals surface area (Å²) in [6.45, 7) is 10.4. The fraction of sp³-hybridized carbons (Fsp3) is 0.435. The minimum Gasteiger partial charge on any atom is -0.311 e. The molecule has 1 atom stereocenters. The highest BCUT2D eigenvalue weighted by Crippen LogP contribution is 2.48. The van der Waals surface area contributed by atoms with Crippen LogP contribution in [0.2, 0.25) is 0 Å². The fourth-order valence-electron chi connectivity index (χ4n) is 4.29. The van der Waals surface area contributed by atoms with Crippen LogP contribution in [0.15, 0.2) is 54.6 Å². The molecule has 0 saturated heterocycles. The van der Waals surface area contributed by atoms with Crippen molar-refractivity contribution in [3.63, 3.8) is 0 Å². The SMILES string of the molecule is CCN(CC)CCCN1C(=O)C(CC)(c2ccccc2)c2ccccc21. The largest absolute Gasteiger partial charge is 0.311 e. The molecule has 1 heterocycles. The van der Waals surface area contributed by atoms with Gasteiger partial charge in [-0.05, 0) is 49.7 Å². The first kappa shape index (κ1) is 18.7. The van der Waals surface area contributed by atoms with Crippen LogP contribution in [-0.4, -0.2) is 37.0 Å². The number of amides is 1.